The van der Waals surface area contributed by atoms with Crippen molar-refractivity contribution in [2.75, 3.05) is 7.05 Å². The van der Waals surface area contributed by atoms with E-state index in [1.807, 2.05) is 0 Å². The van der Waals surface area contributed by atoms with Gasteiger partial charge in [-0.2, -0.15) is 0 Å². The van der Waals surface area contributed by atoms with E-state index in [-0.39, 0.29) is 5.91 Å². The molecule has 5 nitrogen and oxygen atoms in total. The predicted molar refractivity (Wildman–Crippen MR) is 64.8 cm³/mol. The standard InChI is InChI=1S/C11H13ClN4O/c1-15-6-8(12)5-9(15)11(17)16(2)7-10-13-3-4-14-10/h3-6H,7H2,1-2H3,(H,13,14). The SMILES string of the molecule is CN(Cc1ncc[nH]1)C(=O)c1cc(Cl)cn1C. The summed E-state index contributed by atoms with van der Waals surface area (Å²) in [5, 5.41) is 0.558. The van der Waals surface area contributed by atoms with Gasteiger partial charge in [-0.3, -0.25) is 4.79 Å². The third kappa shape index (κ3) is 2.50. The van der Waals surface area contributed by atoms with Crippen molar-refractivity contribution >= 4 is 17.5 Å². The minimum Gasteiger partial charge on any atom is -0.347 e. The average Bonchev–Trinajstić information content (AvgIpc) is 2.87. The van der Waals surface area contributed by atoms with Crippen molar-refractivity contribution in [2.45, 2.75) is 6.54 Å². The maximum absolute atomic E-state index is 12.1. The number of hydrogen-bond acceptors (Lipinski definition) is 2. The fraction of sp³-hybridized carbons (Fsp3) is 0.273. The van der Waals surface area contributed by atoms with E-state index >= 15 is 0 Å². The molecule has 0 unspecified atom stereocenters. The minimum absolute atomic E-state index is 0.0872. The number of nitrogens with zero attached hydrogens (tertiary/aromatic N) is 3. The topological polar surface area (TPSA) is 53.9 Å². The first-order chi connectivity index (χ1) is 8.08. The van der Waals surface area contributed by atoms with Crippen LogP contribution in [0.5, 0.6) is 0 Å². The van der Waals surface area contributed by atoms with Crippen molar-refractivity contribution in [2.24, 2.45) is 7.05 Å². The Labute approximate surface area is 104 Å². The molecule has 2 aromatic rings. The lowest BCUT2D eigenvalue weighted by Gasteiger charge is -2.15. The van der Waals surface area contributed by atoms with Gasteiger partial charge in [0.25, 0.3) is 5.91 Å². The molecule has 0 saturated heterocycles. The third-order valence-electron chi connectivity index (χ3n) is 2.48. The molecule has 0 saturated carbocycles. The summed E-state index contributed by atoms with van der Waals surface area (Å²) < 4.78 is 1.71. The second kappa shape index (κ2) is 4.63. The number of carbonyl (C=O) groups is 1. The molecule has 17 heavy (non-hydrogen) atoms. The highest BCUT2D eigenvalue weighted by Crippen LogP contribution is 2.14. The Morgan fingerprint density at radius 2 is 2.41 bits per heavy atom. The lowest BCUT2D eigenvalue weighted by molar-refractivity contribution is 0.0772. The number of H-pyrrole nitrogens is 1. The summed E-state index contributed by atoms with van der Waals surface area (Å²) in [5.41, 5.74) is 0.559. The van der Waals surface area contributed by atoms with E-state index in [9.17, 15) is 4.79 Å². The molecule has 0 aliphatic heterocycles. The quantitative estimate of drug-likeness (QED) is 0.904. The van der Waals surface area contributed by atoms with Crippen molar-refractivity contribution in [1.82, 2.24) is 19.4 Å². The molecule has 1 amide bonds. The maximum Gasteiger partial charge on any atom is 0.270 e. The molecule has 1 N–H and O–H groups in total. The van der Waals surface area contributed by atoms with Crippen molar-refractivity contribution in [3.8, 4) is 0 Å². The fourth-order valence-electron chi connectivity index (χ4n) is 1.61. The second-order valence-electron chi connectivity index (χ2n) is 3.85. The van der Waals surface area contributed by atoms with Gasteiger partial charge in [0.05, 0.1) is 11.6 Å². The zero-order valence-electron chi connectivity index (χ0n) is 9.64. The highest BCUT2D eigenvalue weighted by atomic mass is 35.5. The van der Waals surface area contributed by atoms with E-state index in [1.54, 1.807) is 48.2 Å². The van der Waals surface area contributed by atoms with E-state index in [4.69, 9.17) is 11.6 Å². The van der Waals surface area contributed by atoms with E-state index in [1.165, 1.54) is 0 Å². The zero-order chi connectivity index (χ0) is 12.4. The molecular formula is C11H13ClN4O. The van der Waals surface area contributed by atoms with Gasteiger partial charge in [0.2, 0.25) is 0 Å². The number of aromatic nitrogens is 3. The maximum atomic E-state index is 12.1. The molecule has 0 spiro atoms. The lowest BCUT2D eigenvalue weighted by Crippen LogP contribution is -2.28. The van der Waals surface area contributed by atoms with Gasteiger partial charge < -0.3 is 14.5 Å². The Bertz CT molecular complexity index is 518. The number of nitrogens with one attached hydrogen (secondary N) is 1. The molecule has 2 heterocycles. The Balaban J connectivity index is 2.12. The second-order valence-corrected chi connectivity index (χ2v) is 4.29. The van der Waals surface area contributed by atoms with E-state index in [2.05, 4.69) is 9.97 Å². The first kappa shape index (κ1) is 11.7. The van der Waals surface area contributed by atoms with Crippen LogP contribution in [0, 0.1) is 0 Å². The fourth-order valence-corrected chi connectivity index (χ4v) is 1.86. The molecule has 2 rings (SSSR count). The highest BCUT2D eigenvalue weighted by molar-refractivity contribution is 6.31. The largest absolute Gasteiger partial charge is 0.347 e. The summed E-state index contributed by atoms with van der Waals surface area (Å²) in [6.45, 7) is 0.439. The van der Waals surface area contributed by atoms with Gasteiger partial charge in [-0.05, 0) is 6.07 Å². The van der Waals surface area contributed by atoms with Crippen LogP contribution in [0.4, 0.5) is 0 Å². The summed E-state index contributed by atoms with van der Waals surface area (Å²) in [4.78, 5) is 20.7. The van der Waals surface area contributed by atoms with Gasteiger partial charge >= 0.3 is 0 Å². The van der Waals surface area contributed by atoms with Crippen LogP contribution in [-0.4, -0.2) is 32.4 Å². The van der Waals surface area contributed by atoms with Crippen molar-refractivity contribution in [1.29, 1.82) is 0 Å². The molecule has 0 bridgehead atoms. The minimum atomic E-state index is -0.0872. The van der Waals surface area contributed by atoms with Crippen LogP contribution in [0.15, 0.2) is 24.7 Å². The number of aromatic amines is 1. The van der Waals surface area contributed by atoms with Crippen LogP contribution in [0.25, 0.3) is 0 Å². The predicted octanol–water partition coefficient (Wildman–Crippen LogP) is 1.67. The van der Waals surface area contributed by atoms with Crippen LogP contribution in [0.1, 0.15) is 16.3 Å². The number of halogens is 1. The number of carbonyl (C=O) groups excluding carboxylic acids is 1. The molecule has 0 aliphatic carbocycles. The molecule has 6 heteroatoms. The number of amides is 1. The zero-order valence-corrected chi connectivity index (χ0v) is 10.4. The van der Waals surface area contributed by atoms with Crippen LogP contribution < -0.4 is 0 Å². The van der Waals surface area contributed by atoms with Crippen LogP contribution in [0.3, 0.4) is 0 Å². The van der Waals surface area contributed by atoms with Crippen LogP contribution in [0.2, 0.25) is 5.02 Å². The van der Waals surface area contributed by atoms with Crippen LogP contribution in [-0.2, 0) is 13.6 Å². The molecule has 0 fully saturated rings. The summed E-state index contributed by atoms with van der Waals surface area (Å²) in [7, 11) is 3.52. The molecule has 90 valence electrons. The number of imidazole rings is 1. The Hall–Kier alpha value is -1.75. The number of rotatable bonds is 3. The molecular weight excluding hydrogens is 240 g/mol. The van der Waals surface area contributed by atoms with E-state index in [0.717, 1.165) is 5.82 Å². The van der Waals surface area contributed by atoms with Gasteiger partial charge in [-0.15, -0.1) is 0 Å². The summed E-state index contributed by atoms with van der Waals surface area (Å²) >= 11 is 5.85. The Kier molecular flexibility index (Phi) is 3.19. The molecule has 0 atom stereocenters. The Morgan fingerprint density at radius 1 is 1.65 bits per heavy atom. The van der Waals surface area contributed by atoms with Gasteiger partial charge in [0, 0.05) is 32.7 Å². The van der Waals surface area contributed by atoms with Crippen molar-refractivity contribution in [3.63, 3.8) is 0 Å². The van der Waals surface area contributed by atoms with Gasteiger partial charge in [-0.25, -0.2) is 4.98 Å². The monoisotopic (exact) mass is 252 g/mol. The third-order valence-corrected chi connectivity index (χ3v) is 2.69. The van der Waals surface area contributed by atoms with E-state index in [0.29, 0.717) is 17.3 Å². The Morgan fingerprint density at radius 3 is 2.94 bits per heavy atom. The number of aryl methyl sites for hydroxylation is 1. The smallest absolute Gasteiger partial charge is 0.270 e. The lowest BCUT2D eigenvalue weighted by atomic mass is 10.3. The van der Waals surface area contributed by atoms with Crippen molar-refractivity contribution in [3.05, 3.63) is 41.2 Å². The molecule has 0 aliphatic rings. The normalized spacial score (nSPS) is 10.5. The molecule has 2 aromatic heterocycles. The van der Waals surface area contributed by atoms with Gasteiger partial charge in [0.15, 0.2) is 0 Å². The average molecular weight is 253 g/mol. The number of hydrogen-bond donors (Lipinski definition) is 1. The van der Waals surface area contributed by atoms with Gasteiger partial charge in [0.1, 0.15) is 11.5 Å². The first-order valence-electron chi connectivity index (χ1n) is 5.13. The van der Waals surface area contributed by atoms with Crippen molar-refractivity contribution < 1.29 is 4.79 Å². The summed E-state index contributed by atoms with van der Waals surface area (Å²) in [6.07, 6.45) is 5.09. The van der Waals surface area contributed by atoms with Gasteiger partial charge in [-0.1, -0.05) is 11.6 Å². The summed E-state index contributed by atoms with van der Waals surface area (Å²) in [5.74, 6) is 0.664. The van der Waals surface area contributed by atoms with Crippen LogP contribution >= 0.6 is 11.6 Å². The summed E-state index contributed by atoms with van der Waals surface area (Å²) in [6, 6.07) is 1.66. The van der Waals surface area contributed by atoms with E-state index < -0.39 is 0 Å². The highest BCUT2D eigenvalue weighted by Gasteiger charge is 2.16. The molecule has 0 radical (unpaired) electrons. The molecule has 0 aromatic carbocycles. The first-order valence-corrected chi connectivity index (χ1v) is 5.51.